The van der Waals surface area contributed by atoms with Gasteiger partial charge in [0.05, 0.1) is 25.4 Å². The van der Waals surface area contributed by atoms with Crippen LogP contribution in [0.2, 0.25) is 0 Å². The van der Waals surface area contributed by atoms with Gasteiger partial charge in [0, 0.05) is 6.42 Å². The van der Waals surface area contributed by atoms with E-state index >= 15 is 0 Å². The number of ether oxygens (including phenoxy) is 2. The van der Waals surface area contributed by atoms with Crippen LogP contribution in [0.15, 0.2) is 72.9 Å². The largest absolute Gasteiger partial charge is 0.394 e. The molecule has 0 aromatic carbocycles. The van der Waals surface area contributed by atoms with Crippen LogP contribution in [0.5, 0.6) is 0 Å². The number of nitrogens with one attached hydrogen (secondary N) is 1. The first-order valence-electron chi connectivity index (χ1n) is 29.2. The Balaban J connectivity index is 1.99. The number of amides is 1. The molecule has 0 saturated carbocycles. The first-order chi connectivity index (χ1) is 34.3. The minimum absolute atomic E-state index is 0.178. The first kappa shape index (κ1) is 65.6. The number of allylic oxidation sites excluding steroid dienone is 11. The molecule has 0 bridgehead atoms. The van der Waals surface area contributed by atoms with Crippen LogP contribution in [0.25, 0.3) is 0 Å². The highest BCUT2D eigenvalue weighted by atomic mass is 16.7. The minimum atomic E-state index is -1.56. The summed E-state index contributed by atoms with van der Waals surface area (Å²) in [5.41, 5.74) is 0. The summed E-state index contributed by atoms with van der Waals surface area (Å²) in [6.07, 6.45) is 63.1. The molecule has 6 N–H and O–H groups in total. The summed E-state index contributed by atoms with van der Waals surface area (Å²) in [5, 5.41) is 54.1. The number of carbonyl (C=O) groups is 1. The molecule has 0 spiro atoms. The van der Waals surface area contributed by atoms with E-state index in [0.29, 0.717) is 6.42 Å². The van der Waals surface area contributed by atoms with Gasteiger partial charge in [0.25, 0.3) is 0 Å². The number of aliphatic hydroxyl groups is 5. The molecule has 1 amide bonds. The molecule has 1 saturated heterocycles. The lowest BCUT2D eigenvalue weighted by molar-refractivity contribution is -0.302. The first-order valence-corrected chi connectivity index (χ1v) is 29.2. The maximum absolute atomic E-state index is 13.0. The number of hydrogen-bond acceptors (Lipinski definition) is 8. The zero-order valence-electron chi connectivity index (χ0n) is 45.0. The zero-order valence-corrected chi connectivity index (χ0v) is 45.0. The van der Waals surface area contributed by atoms with Crippen molar-refractivity contribution < 1.29 is 39.8 Å². The number of rotatable bonds is 49. The molecule has 1 aliphatic heterocycles. The van der Waals surface area contributed by atoms with E-state index in [9.17, 15) is 30.3 Å². The molecule has 9 nitrogen and oxygen atoms in total. The molecule has 1 heterocycles. The van der Waals surface area contributed by atoms with Crippen LogP contribution < -0.4 is 5.32 Å². The Morgan fingerprint density at radius 2 is 0.886 bits per heavy atom. The van der Waals surface area contributed by atoms with Crippen LogP contribution in [-0.2, 0) is 14.3 Å². The van der Waals surface area contributed by atoms with Gasteiger partial charge in [-0.2, -0.15) is 0 Å². The molecule has 1 rings (SSSR count). The average Bonchev–Trinajstić information content (AvgIpc) is 3.36. The monoisotopic (exact) mass is 984 g/mol. The Bertz CT molecular complexity index is 1330. The van der Waals surface area contributed by atoms with E-state index in [1.165, 1.54) is 161 Å². The third-order valence-corrected chi connectivity index (χ3v) is 13.5. The van der Waals surface area contributed by atoms with Crippen molar-refractivity contribution in [3.05, 3.63) is 72.9 Å². The summed E-state index contributed by atoms with van der Waals surface area (Å²) in [6, 6.07) is -0.802. The minimum Gasteiger partial charge on any atom is -0.394 e. The fourth-order valence-corrected chi connectivity index (χ4v) is 8.95. The fourth-order valence-electron chi connectivity index (χ4n) is 8.95. The second kappa shape index (κ2) is 50.2. The normalized spacial score (nSPS) is 19.9. The van der Waals surface area contributed by atoms with E-state index in [1.54, 1.807) is 6.08 Å². The summed E-state index contributed by atoms with van der Waals surface area (Å²) in [5.74, 6) is -0.178. The highest BCUT2D eigenvalue weighted by Crippen LogP contribution is 2.23. The molecule has 7 unspecified atom stereocenters. The van der Waals surface area contributed by atoms with Crippen molar-refractivity contribution in [2.75, 3.05) is 13.2 Å². The van der Waals surface area contributed by atoms with Crippen LogP contribution >= 0.6 is 0 Å². The van der Waals surface area contributed by atoms with Gasteiger partial charge in [-0.05, 0) is 64.2 Å². The molecule has 406 valence electrons. The Morgan fingerprint density at radius 3 is 1.31 bits per heavy atom. The van der Waals surface area contributed by atoms with E-state index in [-0.39, 0.29) is 12.5 Å². The molecule has 1 fully saturated rings. The molecule has 0 radical (unpaired) electrons. The van der Waals surface area contributed by atoms with E-state index in [0.717, 1.165) is 70.6 Å². The zero-order chi connectivity index (χ0) is 50.8. The molecule has 1 aliphatic rings. The van der Waals surface area contributed by atoms with Gasteiger partial charge in [-0.25, -0.2) is 0 Å². The van der Waals surface area contributed by atoms with Crippen molar-refractivity contribution in [1.82, 2.24) is 5.32 Å². The van der Waals surface area contributed by atoms with Crippen molar-refractivity contribution >= 4 is 5.91 Å². The van der Waals surface area contributed by atoms with Gasteiger partial charge in [0.15, 0.2) is 6.29 Å². The van der Waals surface area contributed by atoms with Gasteiger partial charge in [0.2, 0.25) is 5.91 Å². The second-order valence-electron chi connectivity index (χ2n) is 20.1. The van der Waals surface area contributed by atoms with Gasteiger partial charge in [0.1, 0.15) is 24.4 Å². The van der Waals surface area contributed by atoms with E-state index in [4.69, 9.17) is 9.47 Å². The third-order valence-electron chi connectivity index (χ3n) is 13.5. The lowest BCUT2D eigenvalue weighted by Crippen LogP contribution is -2.60. The van der Waals surface area contributed by atoms with Crippen molar-refractivity contribution in [3.63, 3.8) is 0 Å². The standard InChI is InChI=1S/C61H109NO8/c1-3-5-7-9-11-13-14-15-16-17-18-19-20-21-22-23-24-25-26-27-28-29-30-31-32-33-34-35-36-37-38-39-40-41-42-43-45-47-49-51-57(65)62-54(55(64)50-48-46-44-12-10-8-6-4-2)53-69-61-60(68)59(67)58(66)56(52-63)70-61/h5,7,11,13,15-16,18-19,21-22,48,50,54-56,58-61,63-64,66-68H,3-4,6,8-10,12,14,17,20,23-47,49,51-53H2,1-2H3,(H,62,65)/b7-5-,13-11-,16-15-,19-18-,22-21-,50-48+. The Hall–Kier alpha value is -2.37. The highest BCUT2D eigenvalue weighted by Gasteiger charge is 2.44. The quantitative estimate of drug-likeness (QED) is 0.0261. The summed E-state index contributed by atoms with van der Waals surface area (Å²) in [4.78, 5) is 13.0. The molecule has 70 heavy (non-hydrogen) atoms. The summed E-state index contributed by atoms with van der Waals surface area (Å²) < 4.78 is 11.2. The van der Waals surface area contributed by atoms with Gasteiger partial charge in [-0.3, -0.25) is 4.79 Å². The molecular weight excluding hydrogens is 875 g/mol. The molecular formula is C61H109NO8. The number of aliphatic hydroxyl groups excluding tert-OH is 5. The number of hydrogen-bond donors (Lipinski definition) is 6. The van der Waals surface area contributed by atoms with Crippen LogP contribution in [0.1, 0.15) is 251 Å². The predicted molar refractivity (Wildman–Crippen MR) is 295 cm³/mol. The molecule has 0 aromatic rings. The van der Waals surface area contributed by atoms with Gasteiger partial charge < -0.3 is 40.3 Å². The lowest BCUT2D eigenvalue weighted by atomic mass is 9.99. The lowest BCUT2D eigenvalue weighted by Gasteiger charge is -2.40. The van der Waals surface area contributed by atoms with E-state index < -0.39 is 49.5 Å². The van der Waals surface area contributed by atoms with Crippen LogP contribution in [-0.4, -0.2) is 87.5 Å². The summed E-state index contributed by atoms with van der Waals surface area (Å²) in [6.45, 7) is 3.62. The highest BCUT2D eigenvalue weighted by molar-refractivity contribution is 5.76. The van der Waals surface area contributed by atoms with Crippen molar-refractivity contribution in [3.8, 4) is 0 Å². The second-order valence-corrected chi connectivity index (χ2v) is 20.1. The Kier molecular flexibility index (Phi) is 47.1. The fraction of sp³-hybridized carbons (Fsp3) is 0.787. The van der Waals surface area contributed by atoms with E-state index in [1.807, 2.05) is 6.08 Å². The summed E-state index contributed by atoms with van der Waals surface area (Å²) >= 11 is 0. The molecule has 9 heteroatoms. The summed E-state index contributed by atoms with van der Waals surface area (Å²) in [7, 11) is 0. The SMILES string of the molecule is CC/C=C\C/C=C\C/C=C\C/C=C\C/C=C\CCCCCCCCCCCCCCCCCCCCCCCCCC(=O)NC(COC1OC(CO)C(O)C(O)C1O)C(O)/C=C/CCCCCCCC. The molecule has 7 atom stereocenters. The maximum Gasteiger partial charge on any atom is 0.220 e. The Labute approximate surface area is 429 Å². The van der Waals surface area contributed by atoms with Crippen LogP contribution in [0.4, 0.5) is 0 Å². The van der Waals surface area contributed by atoms with Crippen molar-refractivity contribution in [2.24, 2.45) is 0 Å². The third kappa shape index (κ3) is 39.2. The average molecular weight is 985 g/mol. The van der Waals surface area contributed by atoms with Gasteiger partial charge in [-0.1, -0.05) is 254 Å². The van der Waals surface area contributed by atoms with Crippen LogP contribution in [0, 0.1) is 0 Å². The van der Waals surface area contributed by atoms with Crippen LogP contribution in [0.3, 0.4) is 0 Å². The van der Waals surface area contributed by atoms with Gasteiger partial charge >= 0.3 is 0 Å². The van der Waals surface area contributed by atoms with E-state index in [2.05, 4.69) is 79.9 Å². The predicted octanol–water partition coefficient (Wildman–Crippen LogP) is 14.5. The molecule has 0 aliphatic carbocycles. The molecule has 0 aromatic heterocycles. The van der Waals surface area contributed by atoms with Crippen molar-refractivity contribution in [1.29, 1.82) is 0 Å². The van der Waals surface area contributed by atoms with Crippen molar-refractivity contribution in [2.45, 2.75) is 294 Å². The maximum atomic E-state index is 13.0. The number of carbonyl (C=O) groups excluding carboxylic acids is 1. The topological polar surface area (TPSA) is 149 Å². The smallest absolute Gasteiger partial charge is 0.220 e. The Morgan fingerprint density at radius 1 is 0.500 bits per heavy atom. The number of unbranched alkanes of at least 4 members (excludes halogenated alkanes) is 29. The van der Waals surface area contributed by atoms with Gasteiger partial charge in [-0.15, -0.1) is 0 Å².